The van der Waals surface area contributed by atoms with Gasteiger partial charge in [-0.25, -0.2) is 4.79 Å². The van der Waals surface area contributed by atoms with Crippen molar-refractivity contribution < 1.29 is 19.1 Å². The Hall–Kier alpha value is -4.00. The molecule has 7 heteroatoms. The van der Waals surface area contributed by atoms with E-state index in [2.05, 4.69) is 11.4 Å². The second kappa shape index (κ2) is 12.9. The van der Waals surface area contributed by atoms with Crippen molar-refractivity contribution in [1.82, 2.24) is 5.32 Å². The minimum atomic E-state index is -0.812. The summed E-state index contributed by atoms with van der Waals surface area (Å²) in [4.78, 5) is 26.8. The first-order valence-corrected chi connectivity index (χ1v) is 14.2. The number of benzene rings is 4. The average molecular weight is 570 g/mol. The molecule has 40 heavy (non-hydrogen) atoms. The van der Waals surface area contributed by atoms with E-state index in [1.54, 1.807) is 11.8 Å². The lowest BCUT2D eigenvalue weighted by Gasteiger charge is -2.20. The van der Waals surface area contributed by atoms with Gasteiger partial charge in [0.25, 0.3) is 0 Å². The highest BCUT2D eigenvalue weighted by molar-refractivity contribution is 7.99. The molecule has 4 aromatic rings. The molecule has 202 valence electrons. The highest BCUT2D eigenvalue weighted by Gasteiger charge is 2.25. The number of ether oxygens (including phenoxy) is 2. The molecular weight excluding hydrogens is 542 g/mol. The molecule has 0 saturated heterocycles. The van der Waals surface area contributed by atoms with E-state index in [9.17, 15) is 9.59 Å². The summed E-state index contributed by atoms with van der Waals surface area (Å²) in [7, 11) is 1.33. The Balaban J connectivity index is 1.23. The van der Waals surface area contributed by atoms with Gasteiger partial charge in [0.1, 0.15) is 18.4 Å². The number of hydrogen-bond donors (Lipinski definition) is 1. The van der Waals surface area contributed by atoms with Gasteiger partial charge in [0.15, 0.2) is 0 Å². The third-order valence-electron chi connectivity index (χ3n) is 6.60. The van der Waals surface area contributed by atoms with Crippen LogP contribution in [0.4, 0.5) is 0 Å². The minimum absolute atomic E-state index is 0.279. The third kappa shape index (κ3) is 6.95. The van der Waals surface area contributed by atoms with Crippen LogP contribution in [0.1, 0.15) is 16.7 Å². The predicted molar refractivity (Wildman–Crippen MR) is 160 cm³/mol. The van der Waals surface area contributed by atoms with Crippen molar-refractivity contribution in [2.24, 2.45) is 0 Å². The van der Waals surface area contributed by atoms with Crippen LogP contribution in [0, 0.1) is 0 Å². The summed E-state index contributed by atoms with van der Waals surface area (Å²) in [6.45, 7) is 0.472. The van der Waals surface area contributed by atoms with Crippen molar-refractivity contribution in [2.45, 2.75) is 24.0 Å². The number of carbonyl (C=O) groups is 2. The summed E-state index contributed by atoms with van der Waals surface area (Å²) >= 11 is 7.63. The number of nitrogens with one attached hydrogen (secondary N) is 1. The molecule has 0 fully saturated rings. The second-order valence-corrected chi connectivity index (χ2v) is 10.8. The van der Waals surface area contributed by atoms with E-state index in [4.69, 9.17) is 21.1 Å². The first-order valence-electron chi connectivity index (χ1n) is 12.9. The van der Waals surface area contributed by atoms with Gasteiger partial charge < -0.3 is 14.8 Å². The first-order chi connectivity index (χ1) is 19.5. The summed E-state index contributed by atoms with van der Waals surface area (Å²) in [6, 6.07) is 30.5. The Labute approximate surface area is 243 Å². The van der Waals surface area contributed by atoms with Crippen LogP contribution in [-0.2, 0) is 27.4 Å². The van der Waals surface area contributed by atoms with E-state index in [0.717, 1.165) is 38.5 Å². The SMILES string of the molecule is COC(=O)C(Cc1ccc(OCc2ccccc2)cc1)NC(=O)C1=Cc2ccc(-c3ccc(Cl)cc3)cc2SC1. The topological polar surface area (TPSA) is 64.6 Å². The van der Waals surface area contributed by atoms with E-state index < -0.39 is 12.0 Å². The van der Waals surface area contributed by atoms with E-state index in [-0.39, 0.29) is 5.91 Å². The van der Waals surface area contributed by atoms with Crippen LogP contribution in [0.25, 0.3) is 17.2 Å². The predicted octanol–water partition coefficient (Wildman–Crippen LogP) is 6.98. The highest BCUT2D eigenvalue weighted by Crippen LogP contribution is 2.35. The Morgan fingerprint density at radius 1 is 0.900 bits per heavy atom. The van der Waals surface area contributed by atoms with Crippen LogP contribution in [-0.4, -0.2) is 30.8 Å². The molecule has 5 nitrogen and oxygen atoms in total. The van der Waals surface area contributed by atoms with Crippen LogP contribution >= 0.6 is 23.4 Å². The van der Waals surface area contributed by atoms with Crippen molar-refractivity contribution in [3.63, 3.8) is 0 Å². The molecule has 1 atom stereocenters. The quantitative estimate of drug-likeness (QED) is 0.220. The van der Waals surface area contributed by atoms with Crippen molar-refractivity contribution in [1.29, 1.82) is 0 Å². The number of methoxy groups -OCH3 is 1. The van der Waals surface area contributed by atoms with Gasteiger partial charge in [-0.2, -0.15) is 0 Å². The van der Waals surface area contributed by atoms with Gasteiger partial charge in [-0.1, -0.05) is 78.3 Å². The zero-order valence-corrected chi connectivity index (χ0v) is 23.5. The van der Waals surface area contributed by atoms with Gasteiger partial charge in [-0.15, -0.1) is 11.8 Å². The van der Waals surface area contributed by atoms with Gasteiger partial charge in [-0.05, 0) is 64.2 Å². The van der Waals surface area contributed by atoms with Gasteiger partial charge in [0.05, 0.1) is 7.11 Å². The van der Waals surface area contributed by atoms with Crippen molar-refractivity contribution in [3.05, 3.63) is 124 Å². The summed E-state index contributed by atoms with van der Waals surface area (Å²) in [6.07, 6.45) is 2.19. The summed E-state index contributed by atoms with van der Waals surface area (Å²) in [5.74, 6) is 0.464. The molecule has 0 saturated carbocycles. The van der Waals surface area contributed by atoms with Crippen LogP contribution < -0.4 is 10.1 Å². The third-order valence-corrected chi connectivity index (χ3v) is 7.97. The Morgan fingerprint density at radius 2 is 1.62 bits per heavy atom. The molecule has 0 bridgehead atoms. The van der Waals surface area contributed by atoms with Crippen LogP contribution in [0.15, 0.2) is 108 Å². The zero-order valence-electron chi connectivity index (χ0n) is 21.9. The average Bonchev–Trinajstić information content (AvgIpc) is 3.00. The van der Waals surface area contributed by atoms with E-state index >= 15 is 0 Å². The number of hydrogen-bond acceptors (Lipinski definition) is 5. The Kier molecular flexibility index (Phi) is 8.89. The molecule has 4 aromatic carbocycles. The lowest BCUT2D eigenvalue weighted by atomic mass is 10.0. The van der Waals surface area contributed by atoms with E-state index in [1.807, 2.05) is 97.1 Å². The van der Waals surface area contributed by atoms with Gasteiger partial charge in [-0.3, -0.25) is 4.79 Å². The van der Waals surface area contributed by atoms with Crippen molar-refractivity contribution in [3.8, 4) is 16.9 Å². The molecule has 1 amide bonds. The zero-order chi connectivity index (χ0) is 27.9. The molecule has 5 rings (SSSR count). The molecule has 0 spiro atoms. The lowest BCUT2D eigenvalue weighted by Crippen LogP contribution is -2.44. The maximum atomic E-state index is 13.2. The highest BCUT2D eigenvalue weighted by atomic mass is 35.5. The largest absolute Gasteiger partial charge is 0.489 e. The molecule has 1 aliphatic rings. The van der Waals surface area contributed by atoms with Crippen molar-refractivity contribution >= 4 is 41.3 Å². The lowest BCUT2D eigenvalue weighted by molar-refractivity contribution is -0.144. The normalized spacial score (nSPS) is 13.0. The van der Waals surface area contributed by atoms with E-state index in [1.165, 1.54) is 7.11 Å². The van der Waals surface area contributed by atoms with Crippen LogP contribution in [0.3, 0.4) is 0 Å². The number of amides is 1. The maximum Gasteiger partial charge on any atom is 0.328 e. The Bertz CT molecular complexity index is 1520. The fourth-order valence-electron chi connectivity index (χ4n) is 4.40. The monoisotopic (exact) mass is 569 g/mol. The van der Waals surface area contributed by atoms with Gasteiger partial charge >= 0.3 is 5.97 Å². The fraction of sp³-hybridized carbons (Fsp3) is 0.152. The molecule has 0 radical (unpaired) electrons. The molecule has 1 unspecified atom stereocenters. The number of esters is 1. The first kappa shape index (κ1) is 27.6. The molecule has 1 heterocycles. The van der Waals surface area contributed by atoms with Gasteiger partial charge in [0.2, 0.25) is 5.91 Å². The standard InChI is InChI=1S/C33H28ClNO4S/c1-38-33(37)30(17-22-7-15-29(16-8-22)39-20-23-5-3-2-4-6-23)35-32(36)27-18-26-10-9-25(19-31(26)40-21-27)24-11-13-28(34)14-12-24/h2-16,18-19,30H,17,20-21H2,1H3,(H,35,36). The fourth-order valence-corrected chi connectivity index (χ4v) is 5.56. The molecule has 1 N–H and O–H groups in total. The number of rotatable bonds is 9. The number of halogens is 1. The molecule has 0 aliphatic carbocycles. The van der Waals surface area contributed by atoms with E-state index in [0.29, 0.717) is 29.4 Å². The van der Waals surface area contributed by atoms with Gasteiger partial charge in [0, 0.05) is 27.7 Å². The summed E-state index contributed by atoms with van der Waals surface area (Å²) in [5, 5.41) is 3.58. The number of carbonyl (C=O) groups excluding carboxylic acids is 2. The number of thioether (sulfide) groups is 1. The smallest absolute Gasteiger partial charge is 0.328 e. The molecular formula is C33H28ClNO4S. The second-order valence-electron chi connectivity index (χ2n) is 9.39. The Morgan fingerprint density at radius 3 is 2.35 bits per heavy atom. The van der Waals surface area contributed by atoms with Crippen molar-refractivity contribution in [2.75, 3.05) is 12.9 Å². The van der Waals surface area contributed by atoms with Crippen LogP contribution in [0.2, 0.25) is 5.02 Å². The summed E-state index contributed by atoms with van der Waals surface area (Å²) in [5.41, 5.74) is 5.72. The molecule has 0 aromatic heterocycles. The minimum Gasteiger partial charge on any atom is -0.489 e. The number of fused-ring (bicyclic) bond motifs is 1. The maximum absolute atomic E-state index is 13.2. The summed E-state index contributed by atoms with van der Waals surface area (Å²) < 4.78 is 10.8. The molecule has 1 aliphatic heterocycles. The van der Waals surface area contributed by atoms with Crippen LogP contribution in [0.5, 0.6) is 5.75 Å².